The zero-order valence-electron chi connectivity index (χ0n) is 6.27. The monoisotopic (exact) mass is 149 g/mol. The summed E-state index contributed by atoms with van der Waals surface area (Å²) in [5, 5.41) is 0. The standard InChI is InChI=1S/C8H11N3/c9-7(6-2-3-6)8-10-4-1-5-11-8/h1,4-7H,2-3,9H2/t7-/m1/s1. The predicted molar refractivity (Wildman–Crippen MR) is 41.7 cm³/mol. The minimum atomic E-state index is 0.0659. The van der Waals surface area contributed by atoms with Crippen LogP contribution in [0.4, 0.5) is 0 Å². The highest BCUT2D eigenvalue weighted by molar-refractivity contribution is 5.00. The van der Waals surface area contributed by atoms with E-state index in [1.54, 1.807) is 12.4 Å². The first-order valence-electron chi connectivity index (χ1n) is 3.90. The van der Waals surface area contributed by atoms with E-state index in [4.69, 9.17) is 5.73 Å². The average molecular weight is 149 g/mol. The molecule has 3 nitrogen and oxygen atoms in total. The fourth-order valence-corrected chi connectivity index (χ4v) is 1.15. The van der Waals surface area contributed by atoms with Crippen LogP contribution in [0.15, 0.2) is 18.5 Å². The third kappa shape index (κ3) is 1.38. The van der Waals surface area contributed by atoms with E-state index in [2.05, 4.69) is 9.97 Å². The molecule has 1 atom stereocenters. The van der Waals surface area contributed by atoms with Gasteiger partial charge in [0.1, 0.15) is 5.82 Å². The predicted octanol–water partition coefficient (Wildman–Crippen LogP) is 0.886. The molecule has 58 valence electrons. The molecule has 1 aliphatic rings. The molecule has 1 fully saturated rings. The van der Waals surface area contributed by atoms with Crippen LogP contribution in [0.5, 0.6) is 0 Å². The second-order valence-corrected chi connectivity index (χ2v) is 2.97. The Hall–Kier alpha value is -0.960. The van der Waals surface area contributed by atoms with Crippen molar-refractivity contribution in [3.05, 3.63) is 24.3 Å². The summed E-state index contributed by atoms with van der Waals surface area (Å²) >= 11 is 0. The molecule has 2 rings (SSSR count). The van der Waals surface area contributed by atoms with Crippen molar-refractivity contribution in [1.82, 2.24) is 9.97 Å². The third-order valence-electron chi connectivity index (χ3n) is 2.01. The van der Waals surface area contributed by atoms with Crippen molar-refractivity contribution < 1.29 is 0 Å². The van der Waals surface area contributed by atoms with Crippen LogP contribution >= 0.6 is 0 Å². The Morgan fingerprint density at radius 3 is 2.55 bits per heavy atom. The lowest BCUT2D eigenvalue weighted by atomic mass is 10.2. The Morgan fingerprint density at radius 2 is 2.00 bits per heavy atom. The van der Waals surface area contributed by atoms with Crippen LogP contribution in [0.3, 0.4) is 0 Å². The van der Waals surface area contributed by atoms with Gasteiger partial charge in [-0.05, 0) is 24.8 Å². The quantitative estimate of drug-likeness (QED) is 0.679. The molecule has 2 N–H and O–H groups in total. The van der Waals surface area contributed by atoms with Gasteiger partial charge < -0.3 is 5.73 Å². The Kier molecular flexibility index (Phi) is 1.58. The van der Waals surface area contributed by atoms with E-state index >= 15 is 0 Å². The van der Waals surface area contributed by atoms with Gasteiger partial charge in [0.2, 0.25) is 0 Å². The van der Waals surface area contributed by atoms with Crippen LogP contribution in [0.2, 0.25) is 0 Å². The van der Waals surface area contributed by atoms with Gasteiger partial charge in [-0.2, -0.15) is 0 Å². The van der Waals surface area contributed by atoms with Crippen LogP contribution in [-0.4, -0.2) is 9.97 Å². The van der Waals surface area contributed by atoms with Crippen LogP contribution in [0, 0.1) is 5.92 Å². The molecule has 1 saturated carbocycles. The zero-order chi connectivity index (χ0) is 7.68. The van der Waals surface area contributed by atoms with Crippen molar-refractivity contribution in [1.29, 1.82) is 0 Å². The molecule has 1 aromatic heterocycles. The molecule has 1 aromatic rings. The Morgan fingerprint density at radius 1 is 1.36 bits per heavy atom. The molecule has 0 saturated heterocycles. The number of hydrogen-bond donors (Lipinski definition) is 1. The second-order valence-electron chi connectivity index (χ2n) is 2.97. The molecule has 0 spiro atoms. The summed E-state index contributed by atoms with van der Waals surface area (Å²) in [6.45, 7) is 0. The SMILES string of the molecule is N[C@@H](c1ncccn1)C1CC1. The molecular formula is C8H11N3. The molecule has 0 amide bonds. The first-order chi connectivity index (χ1) is 5.38. The molecule has 0 radical (unpaired) electrons. The molecule has 1 heterocycles. The molecular weight excluding hydrogens is 138 g/mol. The summed E-state index contributed by atoms with van der Waals surface area (Å²) in [5.74, 6) is 1.42. The van der Waals surface area contributed by atoms with E-state index in [0.29, 0.717) is 5.92 Å². The van der Waals surface area contributed by atoms with E-state index in [1.807, 2.05) is 6.07 Å². The summed E-state index contributed by atoms with van der Waals surface area (Å²) < 4.78 is 0. The van der Waals surface area contributed by atoms with E-state index < -0.39 is 0 Å². The van der Waals surface area contributed by atoms with Crippen LogP contribution < -0.4 is 5.73 Å². The molecule has 1 aliphatic carbocycles. The molecule has 3 heteroatoms. The summed E-state index contributed by atoms with van der Waals surface area (Å²) in [6.07, 6.45) is 5.95. The average Bonchev–Trinajstić information content (AvgIpc) is 2.87. The van der Waals surface area contributed by atoms with Crippen molar-refractivity contribution >= 4 is 0 Å². The van der Waals surface area contributed by atoms with Crippen molar-refractivity contribution in [2.45, 2.75) is 18.9 Å². The zero-order valence-corrected chi connectivity index (χ0v) is 6.27. The maximum absolute atomic E-state index is 5.88. The summed E-state index contributed by atoms with van der Waals surface area (Å²) in [4.78, 5) is 8.21. The number of hydrogen-bond acceptors (Lipinski definition) is 3. The third-order valence-corrected chi connectivity index (χ3v) is 2.01. The van der Waals surface area contributed by atoms with Gasteiger partial charge in [-0.1, -0.05) is 0 Å². The Balaban J connectivity index is 2.15. The smallest absolute Gasteiger partial charge is 0.145 e. The summed E-state index contributed by atoms with van der Waals surface area (Å²) in [5.41, 5.74) is 5.88. The van der Waals surface area contributed by atoms with Gasteiger partial charge in [0.15, 0.2) is 0 Å². The van der Waals surface area contributed by atoms with Gasteiger partial charge in [0.25, 0.3) is 0 Å². The molecule has 0 bridgehead atoms. The maximum atomic E-state index is 5.88. The lowest BCUT2D eigenvalue weighted by Gasteiger charge is -2.06. The van der Waals surface area contributed by atoms with Crippen molar-refractivity contribution in [2.24, 2.45) is 11.7 Å². The lowest BCUT2D eigenvalue weighted by molar-refractivity contribution is 0.593. The van der Waals surface area contributed by atoms with Gasteiger partial charge in [-0.15, -0.1) is 0 Å². The van der Waals surface area contributed by atoms with Crippen molar-refractivity contribution in [3.8, 4) is 0 Å². The van der Waals surface area contributed by atoms with Crippen molar-refractivity contribution in [3.63, 3.8) is 0 Å². The van der Waals surface area contributed by atoms with Gasteiger partial charge in [-0.25, -0.2) is 9.97 Å². The van der Waals surface area contributed by atoms with Gasteiger partial charge >= 0.3 is 0 Å². The largest absolute Gasteiger partial charge is 0.321 e. The van der Waals surface area contributed by atoms with E-state index in [0.717, 1.165) is 5.82 Å². The highest BCUT2D eigenvalue weighted by Gasteiger charge is 2.30. The fourth-order valence-electron chi connectivity index (χ4n) is 1.15. The van der Waals surface area contributed by atoms with Crippen LogP contribution in [0.1, 0.15) is 24.7 Å². The first-order valence-corrected chi connectivity index (χ1v) is 3.90. The highest BCUT2D eigenvalue weighted by atomic mass is 14.9. The molecule has 0 aromatic carbocycles. The second kappa shape index (κ2) is 2.58. The topological polar surface area (TPSA) is 51.8 Å². The Bertz CT molecular complexity index is 230. The van der Waals surface area contributed by atoms with Crippen molar-refractivity contribution in [2.75, 3.05) is 0 Å². The number of aromatic nitrogens is 2. The number of rotatable bonds is 2. The van der Waals surface area contributed by atoms with Crippen LogP contribution in [0.25, 0.3) is 0 Å². The molecule has 0 unspecified atom stereocenters. The van der Waals surface area contributed by atoms with E-state index in [-0.39, 0.29) is 6.04 Å². The first kappa shape index (κ1) is 6.73. The fraction of sp³-hybridized carbons (Fsp3) is 0.500. The van der Waals surface area contributed by atoms with Gasteiger partial charge in [0, 0.05) is 12.4 Å². The summed E-state index contributed by atoms with van der Waals surface area (Å²) in [7, 11) is 0. The Labute approximate surface area is 65.7 Å². The van der Waals surface area contributed by atoms with Gasteiger partial charge in [-0.3, -0.25) is 0 Å². The van der Waals surface area contributed by atoms with Crippen LogP contribution in [-0.2, 0) is 0 Å². The minimum absolute atomic E-state index is 0.0659. The minimum Gasteiger partial charge on any atom is -0.321 e. The number of nitrogens with two attached hydrogens (primary N) is 1. The normalized spacial score (nSPS) is 19.7. The highest BCUT2D eigenvalue weighted by Crippen LogP contribution is 2.37. The number of nitrogens with zero attached hydrogens (tertiary/aromatic N) is 2. The van der Waals surface area contributed by atoms with Gasteiger partial charge in [0.05, 0.1) is 6.04 Å². The summed E-state index contributed by atoms with van der Waals surface area (Å²) in [6, 6.07) is 1.87. The molecule has 0 aliphatic heterocycles. The molecule has 11 heavy (non-hydrogen) atoms. The van der Waals surface area contributed by atoms with E-state index in [1.165, 1.54) is 12.8 Å². The maximum Gasteiger partial charge on any atom is 0.145 e. The van der Waals surface area contributed by atoms with E-state index in [9.17, 15) is 0 Å². The lowest BCUT2D eigenvalue weighted by Crippen LogP contribution is -2.15.